The molecule has 11 heteroatoms. The Bertz CT molecular complexity index is 787. The minimum atomic E-state index is -4.96. The molecule has 0 aliphatic rings. The number of aromatic nitrogens is 2. The molecule has 0 saturated heterocycles. The third-order valence-electron chi connectivity index (χ3n) is 3.02. The fraction of sp³-hybridized carbons (Fsp3) is 0.267. The van der Waals surface area contributed by atoms with Crippen molar-refractivity contribution < 1.29 is 35.9 Å². The molecular weight excluding hydrogens is 368 g/mol. The zero-order valence-electron chi connectivity index (χ0n) is 13.1. The number of anilines is 2. The molecule has 1 N–H and O–H groups in total. The molecule has 0 radical (unpaired) electrons. The number of nitrogens with one attached hydrogen (secondary N) is 1. The first-order chi connectivity index (χ1) is 12.0. The van der Waals surface area contributed by atoms with Gasteiger partial charge in [0.25, 0.3) is 0 Å². The summed E-state index contributed by atoms with van der Waals surface area (Å²) in [4.78, 5) is 18.4. The lowest BCUT2D eigenvalue weighted by Crippen LogP contribution is -2.19. The molecule has 140 valence electrons. The van der Waals surface area contributed by atoms with Crippen molar-refractivity contribution in [1.82, 2.24) is 9.97 Å². The smallest absolute Gasteiger partial charge is 0.434 e. The van der Waals surface area contributed by atoms with Crippen molar-refractivity contribution in [1.29, 1.82) is 0 Å². The normalized spacial score (nSPS) is 12.0. The number of ether oxygens (including phenoxy) is 1. The molecular formula is C15H11F6N3O2. The van der Waals surface area contributed by atoms with Crippen molar-refractivity contribution in [2.75, 3.05) is 11.9 Å². The van der Waals surface area contributed by atoms with Crippen LogP contribution in [-0.4, -0.2) is 22.5 Å². The third-order valence-corrected chi connectivity index (χ3v) is 3.02. The maximum atomic E-state index is 13.1. The highest BCUT2D eigenvalue weighted by atomic mass is 19.4. The molecule has 0 spiro atoms. The molecule has 0 aliphatic carbocycles. The first-order valence-corrected chi connectivity index (χ1v) is 7.08. The number of benzene rings is 1. The lowest BCUT2D eigenvalue weighted by molar-refractivity contribution is -0.141. The van der Waals surface area contributed by atoms with Gasteiger partial charge in [0.2, 0.25) is 5.95 Å². The minimum absolute atomic E-state index is 0.0370. The second-order valence-electron chi connectivity index (χ2n) is 4.87. The van der Waals surface area contributed by atoms with E-state index in [9.17, 15) is 31.1 Å². The van der Waals surface area contributed by atoms with Gasteiger partial charge >= 0.3 is 18.3 Å². The molecule has 0 atom stereocenters. The number of hydrogen-bond donors (Lipinski definition) is 1. The molecule has 26 heavy (non-hydrogen) atoms. The van der Waals surface area contributed by atoms with Crippen LogP contribution in [0.5, 0.6) is 0 Å². The van der Waals surface area contributed by atoms with Crippen molar-refractivity contribution >= 4 is 17.6 Å². The van der Waals surface area contributed by atoms with Crippen LogP contribution in [0.1, 0.15) is 28.5 Å². The standard InChI is InChI=1S/C15H11F6N3O2/c1-2-26-12(25)10-7-22-13(24-11(10)15(19,20)21)23-9-5-3-8(4-6-9)14(16,17)18/h3-7H,2H2,1H3,(H,22,23,24). The van der Waals surface area contributed by atoms with Gasteiger partial charge in [0.1, 0.15) is 5.56 Å². The predicted octanol–water partition coefficient (Wildman–Crippen LogP) is 4.43. The maximum Gasteiger partial charge on any atom is 0.434 e. The first kappa shape index (κ1) is 19.5. The largest absolute Gasteiger partial charge is 0.462 e. The molecule has 1 aromatic heterocycles. The summed E-state index contributed by atoms with van der Waals surface area (Å²) in [5, 5.41) is 2.35. The Morgan fingerprint density at radius 2 is 1.69 bits per heavy atom. The zero-order valence-corrected chi connectivity index (χ0v) is 13.1. The van der Waals surface area contributed by atoms with E-state index in [1.54, 1.807) is 0 Å². The van der Waals surface area contributed by atoms with Crippen LogP contribution in [0.25, 0.3) is 0 Å². The van der Waals surface area contributed by atoms with E-state index in [0.29, 0.717) is 6.20 Å². The van der Waals surface area contributed by atoms with Crippen molar-refractivity contribution in [3.8, 4) is 0 Å². The molecule has 0 fully saturated rings. The Hall–Kier alpha value is -2.85. The average molecular weight is 379 g/mol. The van der Waals surface area contributed by atoms with E-state index in [-0.39, 0.29) is 12.3 Å². The Balaban J connectivity index is 2.32. The zero-order chi connectivity index (χ0) is 19.5. The molecule has 0 aliphatic heterocycles. The van der Waals surface area contributed by atoms with Gasteiger partial charge in [-0.3, -0.25) is 0 Å². The molecule has 0 saturated carbocycles. The van der Waals surface area contributed by atoms with Gasteiger partial charge in [-0.15, -0.1) is 0 Å². The molecule has 0 unspecified atom stereocenters. The Morgan fingerprint density at radius 1 is 1.08 bits per heavy atom. The van der Waals surface area contributed by atoms with Crippen LogP contribution in [0.4, 0.5) is 38.0 Å². The van der Waals surface area contributed by atoms with E-state index in [0.717, 1.165) is 24.3 Å². The Labute approximate surface area is 143 Å². The molecule has 0 amide bonds. The number of esters is 1. The lowest BCUT2D eigenvalue weighted by atomic mass is 10.2. The van der Waals surface area contributed by atoms with E-state index in [4.69, 9.17) is 0 Å². The third kappa shape index (κ3) is 4.61. The molecule has 2 aromatic rings. The van der Waals surface area contributed by atoms with Gasteiger partial charge in [-0.25, -0.2) is 14.8 Å². The maximum absolute atomic E-state index is 13.1. The predicted molar refractivity (Wildman–Crippen MR) is 77.7 cm³/mol. The van der Waals surface area contributed by atoms with Crippen molar-refractivity contribution in [3.05, 3.63) is 47.3 Å². The monoisotopic (exact) mass is 379 g/mol. The van der Waals surface area contributed by atoms with Gasteiger partial charge in [0.05, 0.1) is 12.2 Å². The van der Waals surface area contributed by atoms with Crippen LogP contribution in [-0.2, 0) is 17.1 Å². The first-order valence-electron chi connectivity index (χ1n) is 7.08. The molecule has 1 heterocycles. The summed E-state index contributed by atoms with van der Waals surface area (Å²) in [5.74, 6) is -1.77. The van der Waals surface area contributed by atoms with E-state index in [2.05, 4.69) is 20.0 Å². The van der Waals surface area contributed by atoms with Gasteiger partial charge in [-0.1, -0.05) is 0 Å². The summed E-state index contributed by atoms with van der Waals surface area (Å²) < 4.78 is 81.3. The van der Waals surface area contributed by atoms with E-state index >= 15 is 0 Å². The van der Waals surface area contributed by atoms with Gasteiger partial charge in [0.15, 0.2) is 5.69 Å². The van der Waals surface area contributed by atoms with Crippen molar-refractivity contribution in [2.24, 2.45) is 0 Å². The van der Waals surface area contributed by atoms with Crippen LogP contribution in [0.2, 0.25) is 0 Å². The number of alkyl halides is 6. The van der Waals surface area contributed by atoms with E-state index in [1.807, 2.05) is 0 Å². The molecule has 2 rings (SSSR count). The summed E-state index contributed by atoms with van der Waals surface area (Å²) in [6, 6.07) is 3.53. The van der Waals surface area contributed by atoms with Crippen LogP contribution >= 0.6 is 0 Å². The van der Waals surface area contributed by atoms with Crippen LogP contribution in [0, 0.1) is 0 Å². The van der Waals surface area contributed by atoms with Crippen molar-refractivity contribution in [2.45, 2.75) is 19.3 Å². The lowest BCUT2D eigenvalue weighted by Gasteiger charge is -2.13. The average Bonchev–Trinajstić information content (AvgIpc) is 2.54. The van der Waals surface area contributed by atoms with Gasteiger partial charge in [-0.05, 0) is 31.2 Å². The highest BCUT2D eigenvalue weighted by molar-refractivity contribution is 5.90. The van der Waals surface area contributed by atoms with Gasteiger partial charge < -0.3 is 10.1 Å². The topological polar surface area (TPSA) is 64.1 Å². The highest BCUT2D eigenvalue weighted by Crippen LogP contribution is 2.32. The van der Waals surface area contributed by atoms with E-state index < -0.39 is 41.1 Å². The summed E-state index contributed by atoms with van der Waals surface area (Å²) in [6.45, 7) is 1.29. The second-order valence-corrected chi connectivity index (χ2v) is 4.87. The van der Waals surface area contributed by atoms with Crippen LogP contribution in [0.15, 0.2) is 30.5 Å². The fourth-order valence-electron chi connectivity index (χ4n) is 1.89. The highest BCUT2D eigenvalue weighted by Gasteiger charge is 2.38. The number of halogens is 6. The number of rotatable bonds is 4. The summed E-state index contributed by atoms with van der Waals surface area (Å²) >= 11 is 0. The quantitative estimate of drug-likeness (QED) is 0.629. The number of nitrogens with zero attached hydrogens (tertiary/aromatic N) is 2. The molecule has 1 aromatic carbocycles. The van der Waals surface area contributed by atoms with Gasteiger partial charge in [-0.2, -0.15) is 26.3 Å². The minimum Gasteiger partial charge on any atom is -0.462 e. The fourth-order valence-corrected chi connectivity index (χ4v) is 1.89. The molecule has 5 nitrogen and oxygen atoms in total. The van der Waals surface area contributed by atoms with Crippen LogP contribution in [0.3, 0.4) is 0 Å². The molecule has 0 bridgehead atoms. The summed E-state index contributed by atoms with van der Waals surface area (Å²) in [7, 11) is 0. The number of carbonyl (C=O) groups is 1. The summed E-state index contributed by atoms with van der Waals surface area (Å²) in [5.41, 5.74) is -3.26. The Morgan fingerprint density at radius 3 is 2.19 bits per heavy atom. The Kier molecular flexibility index (Phi) is 5.38. The SMILES string of the molecule is CCOC(=O)c1cnc(Nc2ccc(C(F)(F)F)cc2)nc1C(F)(F)F. The van der Waals surface area contributed by atoms with Gasteiger partial charge in [0, 0.05) is 11.9 Å². The van der Waals surface area contributed by atoms with E-state index in [1.165, 1.54) is 6.92 Å². The van der Waals surface area contributed by atoms with Crippen LogP contribution < -0.4 is 5.32 Å². The summed E-state index contributed by atoms with van der Waals surface area (Å²) in [6.07, 6.45) is -8.86. The van der Waals surface area contributed by atoms with Crippen molar-refractivity contribution in [3.63, 3.8) is 0 Å². The second kappa shape index (κ2) is 7.18. The number of carbonyl (C=O) groups excluding carboxylic acids is 1. The number of hydrogen-bond acceptors (Lipinski definition) is 5.